The van der Waals surface area contributed by atoms with Gasteiger partial charge in [-0.1, -0.05) is 0 Å². The molecule has 1 unspecified atom stereocenters. The molecule has 4 bridgehead atoms. The predicted molar refractivity (Wildman–Crippen MR) is 83.8 cm³/mol. The van der Waals surface area contributed by atoms with Crippen molar-refractivity contribution in [2.75, 3.05) is 20.1 Å². The van der Waals surface area contributed by atoms with Crippen LogP contribution in [0, 0.1) is 29.6 Å². The van der Waals surface area contributed by atoms with Gasteiger partial charge in [0.1, 0.15) is 0 Å². The molecule has 0 spiro atoms. The van der Waals surface area contributed by atoms with E-state index in [4.69, 9.17) is 0 Å². The van der Waals surface area contributed by atoms with Crippen molar-refractivity contribution in [1.82, 2.24) is 10.2 Å². The van der Waals surface area contributed by atoms with Crippen LogP contribution in [-0.2, 0) is 4.79 Å². The van der Waals surface area contributed by atoms with Gasteiger partial charge in [-0.2, -0.15) is 0 Å². The standard InChI is InChI=1S/C18H30N2O/c1-20(16-3-2-5-19-6-4-16)18(21)17-14-8-12-7-13(10-14)11-15(17)9-12/h12-17,19H,2-11H2,1H3. The van der Waals surface area contributed by atoms with E-state index in [-0.39, 0.29) is 0 Å². The van der Waals surface area contributed by atoms with Crippen molar-refractivity contribution in [3.05, 3.63) is 0 Å². The lowest BCUT2D eigenvalue weighted by molar-refractivity contribution is -0.150. The van der Waals surface area contributed by atoms with Crippen LogP contribution in [0.5, 0.6) is 0 Å². The minimum absolute atomic E-state index is 0.374. The van der Waals surface area contributed by atoms with E-state index in [1.54, 1.807) is 0 Å². The molecule has 0 aromatic rings. The summed E-state index contributed by atoms with van der Waals surface area (Å²) in [5, 5.41) is 3.46. The van der Waals surface area contributed by atoms with Crippen LogP contribution < -0.4 is 5.32 Å². The molecule has 4 aliphatic carbocycles. The quantitative estimate of drug-likeness (QED) is 0.848. The van der Waals surface area contributed by atoms with Gasteiger partial charge in [0, 0.05) is 19.0 Å². The van der Waals surface area contributed by atoms with Gasteiger partial charge in [0.2, 0.25) is 5.91 Å². The average molecular weight is 290 g/mol. The van der Waals surface area contributed by atoms with Crippen LogP contribution >= 0.6 is 0 Å². The largest absolute Gasteiger partial charge is 0.342 e. The third-order valence-electron chi connectivity index (χ3n) is 6.95. The number of nitrogens with zero attached hydrogens (tertiary/aromatic N) is 1. The molecule has 1 saturated heterocycles. The second kappa shape index (κ2) is 5.57. The van der Waals surface area contributed by atoms with E-state index < -0.39 is 0 Å². The summed E-state index contributed by atoms with van der Waals surface area (Å²) in [4.78, 5) is 15.3. The SMILES string of the molecule is CN(C(=O)C1C2CC3CC(C2)CC1C3)C1CCCNCC1. The number of hydrogen-bond donors (Lipinski definition) is 1. The van der Waals surface area contributed by atoms with Gasteiger partial charge in [-0.3, -0.25) is 4.79 Å². The van der Waals surface area contributed by atoms with Crippen LogP contribution in [0.2, 0.25) is 0 Å². The molecule has 1 atom stereocenters. The smallest absolute Gasteiger partial charge is 0.226 e. The molecule has 1 amide bonds. The Morgan fingerprint density at radius 2 is 1.62 bits per heavy atom. The van der Waals surface area contributed by atoms with Crippen molar-refractivity contribution in [2.24, 2.45) is 29.6 Å². The Balaban J connectivity index is 1.46. The number of amides is 1. The molecule has 4 saturated carbocycles. The molecule has 1 heterocycles. The molecule has 118 valence electrons. The topological polar surface area (TPSA) is 32.3 Å². The summed E-state index contributed by atoms with van der Waals surface area (Å²) in [6.07, 6.45) is 10.4. The van der Waals surface area contributed by atoms with E-state index in [9.17, 15) is 4.79 Å². The third-order valence-corrected chi connectivity index (χ3v) is 6.95. The van der Waals surface area contributed by atoms with Crippen LogP contribution in [0.4, 0.5) is 0 Å². The Hall–Kier alpha value is -0.570. The molecule has 5 fully saturated rings. The lowest BCUT2D eigenvalue weighted by Gasteiger charge is -2.54. The number of nitrogens with one attached hydrogen (secondary N) is 1. The highest BCUT2D eigenvalue weighted by molar-refractivity contribution is 5.80. The summed E-state index contributed by atoms with van der Waals surface area (Å²) in [6.45, 7) is 2.19. The molecular weight excluding hydrogens is 260 g/mol. The Morgan fingerprint density at radius 1 is 0.952 bits per heavy atom. The molecular formula is C18H30N2O. The molecule has 0 aromatic carbocycles. The van der Waals surface area contributed by atoms with Gasteiger partial charge >= 0.3 is 0 Å². The molecule has 21 heavy (non-hydrogen) atoms. The maximum Gasteiger partial charge on any atom is 0.226 e. The molecule has 1 N–H and O–H groups in total. The van der Waals surface area contributed by atoms with Crippen molar-refractivity contribution >= 4 is 5.91 Å². The van der Waals surface area contributed by atoms with E-state index in [1.165, 1.54) is 44.9 Å². The third kappa shape index (κ3) is 2.52. The fourth-order valence-electron chi connectivity index (χ4n) is 6.13. The second-order valence-corrected chi connectivity index (χ2v) is 8.24. The summed E-state index contributed by atoms with van der Waals surface area (Å²) in [5.74, 6) is 4.24. The van der Waals surface area contributed by atoms with Crippen molar-refractivity contribution in [2.45, 2.75) is 57.4 Å². The van der Waals surface area contributed by atoms with Crippen LogP contribution in [-0.4, -0.2) is 37.0 Å². The van der Waals surface area contributed by atoms with Crippen molar-refractivity contribution in [3.8, 4) is 0 Å². The Bertz CT molecular complexity index is 372. The molecule has 3 nitrogen and oxygen atoms in total. The summed E-state index contributed by atoms with van der Waals surface area (Å²) >= 11 is 0. The summed E-state index contributed by atoms with van der Waals surface area (Å²) in [6, 6.07) is 0.477. The summed E-state index contributed by atoms with van der Waals surface area (Å²) in [5.41, 5.74) is 0. The first-order valence-electron chi connectivity index (χ1n) is 9.19. The van der Waals surface area contributed by atoms with Gasteiger partial charge in [-0.25, -0.2) is 0 Å². The number of rotatable bonds is 2. The van der Waals surface area contributed by atoms with E-state index in [2.05, 4.69) is 17.3 Å². The van der Waals surface area contributed by atoms with Gasteiger partial charge in [-0.05, 0) is 88.1 Å². The molecule has 0 radical (unpaired) electrons. The Kier molecular flexibility index (Phi) is 3.72. The van der Waals surface area contributed by atoms with Gasteiger partial charge < -0.3 is 10.2 Å². The lowest BCUT2D eigenvalue weighted by Crippen LogP contribution is -2.53. The highest BCUT2D eigenvalue weighted by Gasteiger charge is 2.51. The van der Waals surface area contributed by atoms with Gasteiger partial charge in [0.15, 0.2) is 0 Å². The molecule has 3 heteroatoms. The first-order chi connectivity index (χ1) is 10.2. The van der Waals surface area contributed by atoms with Crippen LogP contribution in [0.3, 0.4) is 0 Å². The number of hydrogen-bond acceptors (Lipinski definition) is 2. The fraction of sp³-hybridized carbons (Fsp3) is 0.944. The highest BCUT2D eigenvalue weighted by atomic mass is 16.2. The highest BCUT2D eigenvalue weighted by Crippen LogP contribution is 2.56. The zero-order valence-corrected chi connectivity index (χ0v) is 13.4. The summed E-state index contributed by atoms with van der Waals surface area (Å²) < 4.78 is 0. The first-order valence-corrected chi connectivity index (χ1v) is 9.19. The fourth-order valence-corrected chi connectivity index (χ4v) is 6.13. The van der Waals surface area contributed by atoms with Crippen LogP contribution in [0.15, 0.2) is 0 Å². The monoisotopic (exact) mass is 290 g/mol. The van der Waals surface area contributed by atoms with Crippen LogP contribution in [0.25, 0.3) is 0 Å². The Labute approximate surface area is 128 Å². The Morgan fingerprint density at radius 3 is 2.29 bits per heavy atom. The van der Waals surface area contributed by atoms with Crippen LogP contribution in [0.1, 0.15) is 51.4 Å². The van der Waals surface area contributed by atoms with E-state index in [0.29, 0.717) is 17.9 Å². The van der Waals surface area contributed by atoms with E-state index in [1.807, 2.05) is 0 Å². The maximum atomic E-state index is 13.2. The van der Waals surface area contributed by atoms with Gasteiger partial charge in [-0.15, -0.1) is 0 Å². The van der Waals surface area contributed by atoms with Crippen molar-refractivity contribution in [3.63, 3.8) is 0 Å². The maximum absolute atomic E-state index is 13.2. The first kappa shape index (κ1) is 14.0. The zero-order valence-electron chi connectivity index (χ0n) is 13.4. The van der Waals surface area contributed by atoms with E-state index in [0.717, 1.165) is 43.2 Å². The number of carbonyl (C=O) groups is 1. The summed E-state index contributed by atoms with van der Waals surface area (Å²) in [7, 11) is 2.09. The second-order valence-electron chi connectivity index (χ2n) is 8.24. The predicted octanol–water partition coefficient (Wildman–Crippen LogP) is 2.66. The normalized spacial score (nSPS) is 45.4. The van der Waals surface area contributed by atoms with Crippen molar-refractivity contribution in [1.29, 1.82) is 0 Å². The lowest BCUT2D eigenvalue weighted by atomic mass is 9.51. The van der Waals surface area contributed by atoms with Gasteiger partial charge in [0.25, 0.3) is 0 Å². The minimum atomic E-state index is 0.374. The molecule has 5 aliphatic rings. The molecule has 0 aromatic heterocycles. The van der Waals surface area contributed by atoms with Crippen molar-refractivity contribution < 1.29 is 4.79 Å². The molecule has 1 aliphatic heterocycles. The average Bonchev–Trinajstić information content (AvgIpc) is 2.74. The zero-order chi connectivity index (χ0) is 14.4. The minimum Gasteiger partial charge on any atom is -0.342 e. The van der Waals surface area contributed by atoms with E-state index >= 15 is 0 Å². The molecule has 5 rings (SSSR count). The number of carbonyl (C=O) groups excluding carboxylic acids is 1. The van der Waals surface area contributed by atoms with Gasteiger partial charge in [0.05, 0.1) is 0 Å².